The number of nitrogens with zero attached hydrogens (tertiary/aromatic N) is 2. The van der Waals surface area contributed by atoms with Crippen LogP contribution in [0, 0.1) is 0 Å². The Hall–Kier alpha value is -9.04. The molecule has 0 radical (unpaired) electrons. The van der Waals surface area contributed by atoms with Crippen molar-refractivity contribution >= 4 is 66.7 Å². The maximum absolute atomic E-state index is 14.9. The van der Waals surface area contributed by atoms with Gasteiger partial charge in [-0.2, -0.15) is 0 Å². The van der Waals surface area contributed by atoms with Gasteiger partial charge in [-0.3, -0.25) is 29.0 Å². The summed E-state index contributed by atoms with van der Waals surface area (Å²) >= 11 is 0. The van der Waals surface area contributed by atoms with E-state index in [1.807, 2.05) is 13.8 Å². The topological polar surface area (TPSA) is 149 Å². The molecule has 14 heteroatoms. The largest absolute Gasteiger partial charge is 0.497 e. The van der Waals surface area contributed by atoms with Crippen molar-refractivity contribution in [3.8, 4) is 69.0 Å². The molecular weight excluding hydrogens is 917 g/mol. The van der Waals surface area contributed by atoms with Crippen LogP contribution in [0.2, 0.25) is 0 Å². The molecule has 0 saturated carbocycles. The van der Waals surface area contributed by atoms with Crippen LogP contribution in [0.5, 0.6) is 69.0 Å². The Bertz CT molecular complexity index is 3200. The second-order valence-corrected chi connectivity index (χ2v) is 17.3. The first kappa shape index (κ1) is 45.4. The summed E-state index contributed by atoms with van der Waals surface area (Å²) < 4.78 is 49.8. The molecule has 2 aliphatic rings. The Morgan fingerprint density at radius 2 is 0.514 bits per heavy atom. The van der Waals surface area contributed by atoms with Crippen LogP contribution in [-0.4, -0.2) is 75.0 Å². The molecule has 11 rings (SSSR count). The Kier molecular flexibility index (Phi) is 11.4. The van der Waals surface area contributed by atoms with Gasteiger partial charge in [0.25, 0.3) is 23.6 Å². The van der Waals surface area contributed by atoms with Crippen LogP contribution in [0.25, 0.3) is 43.1 Å². The van der Waals surface area contributed by atoms with Gasteiger partial charge in [0.2, 0.25) is 0 Å². The van der Waals surface area contributed by atoms with E-state index in [4.69, 9.17) is 37.9 Å². The van der Waals surface area contributed by atoms with Crippen LogP contribution in [-0.2, 0) is 0 Å². The van der Waals surface area contributed by atoms with E-state index in [9.17, 15) is 19.2 Å². The number of carbonyl (C=O) groups excluding carboxylic acids is 4. The van der Waals surface area contributed by atoms with Crippen molar-refractivity contribution in [1.82, 2.24) is 9.80 Å². The van der Waals surface area contributed by atoms with Gasteiger partial charge in [0, 0.05) is 56.2 Å². The first-order valence-electron chi connectivity index (χ1n) is 23.4. The number of carbonyl (C=O) groups is 4. The van der Waals surface area contributed by atoms with Crippen molar-refractivity contribution in [1.29, 1.82) is 0 Å². The zero-order chi connectivity index (χ0) is 49.9. The number of benzene rings is 9. The number of fused-ring (bicyclic) bond motifs is 2. The number of imide groups is 2. The fourth-order valence-electron chi connectivity index (χ4n) is 9.87. The minimum atomic E-state index is -0.511. The van der Waals surface area contributed by atoms with Crippen molar-refractivity contribution in [2.24, 2.45) is 0 Å². The first-order chi connectivity index (χ1) is 35.1. The van der Waals surface area contributed by atoms with Gasteiger partial charge in [-0.25, -0.2) is 0 Å². The molecule has 0 N–H and O–H groups in total. The number of hydrogen-bond donors (Lipinski definition) is 0. The van der Waals surface area contributed by atoms with E-state index in [0.29, 0.717) is 102 Å². The smallest absolute Gasteiger partial charge is 0.261 e. The predicted octanol–water partition coefficient (Wildman–Crippen LogP) is 13.0. The zero-order valence-corrected chi connectivity index (χ0v) is 40.2. The molecule has 9 aromatic rings. The fraction of sp³-hybridized carbons (Fsp3) is 0.172. The molecule has 9 aromatic carbocycles. The lowest BCUT2D eigenvalue weighted by Crippen LogP contribution is -2.41. The highest BCUT2D eigenvalue weighted by Gasteiger charge is 2.41. The number of amides is 4. The maximum atomic E-state index is 14.9. The summed E-state index contributed by atoms with van der Waals surface area (Å²) in [7, 11) is 6.27. The van der Waals surface area contributed by atoms with Gasteiger partial charge in [-0.05, 0) is 134 Å². The number of ether oxygens (including phenoxy) is 8. The van der Waals surface area contributed by atoms with Gasteiger partial charge in [-0.15, -0.1) is 0 Å². The molecule has 0 saturated heterocycles. The minimum Gasteiger partial charge on any atom is -0.497 e. The molecule has 0 bridgehead atoms. The molecule has 14 nitrogen and oxygen atoms in total. The average molecular weight is 963 g/mol. The Balaban J connectivity index is 1.38. The minimum absolute atomic E-state index is 0.149. The highest BCUT2D eigenvalue weighted by Crippen LogP contribution is 2.58. The van der Waals surface area contributed by atoms with Gasteiger partial charge in [0.1, 0.15) is 69.0 Å². The molecular formula is C58H46N2O12. The molecule has 0 unspecified atom stereocenters. The number of rotatable bonds is 16. The highest BCUT2D eigenvalue weighted by molar-refractivity contribution is 6.44. The van der Waals surface area contributed by atoms with Crippen LogP contribution >= 0.6 is 0 Å². The second kappa shape index (κ2) is 18.0. The normalized spacial score (nSPS) is 13.1. The molecule has 0 aliphatic carbocycles. The molecule has 2 heterocycles. The lowest BCUT2D eigenvalue weighted by atomic mass is 9.80. The van der Waals surface area contributed by atoms with Crippen LogP contribution in [0.3, 0.4) is 0 Å². The van der Waals surface area contributed by atoms with Crippen molar-refractivity contribution in [2.45, 2.75) is 26.7 Å². The van der Waals surface area contributed by atoms with Gasteiger partial charge in [0.15, 0.2) is 0 Å². The third-order valence-corrected chi connectivity index (χ3v) is 13.1. The van der Waals surface area contributed by atoms with Gasteiger partial charge < -0.3 is 37.9 Å². The highest BCUT2D eigenvalue weighted by atomic mass is 16.5. The van der Waals surface area contributed by atoms with E-state index in [1.165, 1.54) is 9.80 Å². The summed E-state index contributed by atoms with van der Waals surface area (Å²) in [5.74, 6) is 2.73. The molecule has 72 heavy (non-hydrogen) atoms. The van der Waals surface area contributed by atoms with Crippen LogP contribution < -0.4 is 37.9 Å². The number of methoxy groups -OCH3 is 4. The molecule has 2 aliphatic heterocycles. The summed E-state index contributed by atoms with van der Waals surface area (Å²) in [5, 5.41) is 3.10. The van der Waals surface area contributed by atoms with E-state index in [2.05, 4.69) is 0 Å². The van der Waals surface area contributed by atoms with E-state index < -0.39 is 23.6 Å². The fourth-order valence-corrected chi connectivity index (χ4v) is 9.87. The molecule has 0 aromatic heterocycles. The van der Waals surface area contributed by atoms with Crippen molar-refractivity contribution in [3.05, 3.63) is 144 Å². The molecule has 360 valence electrons. The van der Waals surface area contributed by atoms with Gasteiger partial charge in [-0.1, -0.05) is 13.8 Å². The van der Waals surface area contributed by atoms with E-state index >= 15 is 0 Å². The van der Waals surface area contributed by atoms with Crippen LogP contribution in [0.1, 0.15) is 68.1 Å². The standard InChI is InChI=1S/C58H46N2O12/c1-7-25-59-55(61)39-27-43(69-35-17-9-31(65-3)10-18-35)49-51-45(71-37-21-13-33(67-5)14-22-37)29-41-48-42(58(64)60(26-8-2)57(41)63)30-46(72-38-23-15-34(68-6)16-24-38)52(54(48)51)50-44(28-40(56(59)62)47(39)53(49)50)70-36-19-11-32(66-4)12-20-36/h9-24,27-30H,7-8,25-26H2,1-6H3. The predicted molar refractivity (Wildman–Crippen MR) is 271 cm³/mol. The third-order valence-electron chi connectivity index (χ3n) is 13.1. The lowest BCUT2D eigenvalue weighted by Gasteiger charge is -2.32. The average Bonchev–Trinajstić information content (AvgIpc) is 3.41. The van der Waals surface area contributed by atoms with E-state index in [0.717, 1.165) is 0 Å². The second-order valence-electron chi connectivity index (χ2n) is 17.3. The van der Waals surface area contributed by atoms with E-state index in [-0.39, 0.29) is 58.3 Å². The first-order valence-corrected chi connectivity index (χ1v) is 23.4. The molecule has 0 spiro atoms. The van der Waals surface area contributed by atoms with Gasteiger partial charge in [0.05, 0.1) is 50.7 Å². The molecule has 0 atom stereocenters. The maximum Gasteiger partial charge on any atom is 0.261 e. The van der Waals surface area contributed by atoms with Gasteiger partial charge >= 0.3 is 0 Å². The summed E-state index contributed by atoms with van der Waals surface area (Å²) in [6.07, 6.45) is 1.00. The zero-order valence-electron chi connectivity index (χ0n) is 40.2. The van der Waals surface area contributed by atoms with Crippen molar-refractivity contribution < 1.29 is 57.1 Å². The monoisotopic (exact) mass is 962 g/mol. The SMILES string of the molecule is CCCN1C(=O)c2cc(Oc3ccc(OC)cc3)c3c4c(Oc5ccc(OC)cc5)cc5c6c(cc(Oc7ccc(OC)cc7)c(c7c(Oc8ccc(OC)cc8)cc(c2c37)C1=O)c64)C(=O)N(CCC)C5=O. The van der Waals surface area contributed by atoms with Crippen molar-refractivity contribution in [2.75, 3.05) is 41.5 Å². The Morgan fingerprint density at radius 3 is 0.708 bits per heavy atom. The third kappa shape index (κ3) is 7.33. The number of hydrogen-bond acceptors (Lipinski definition) is 12. The lowest BCUT2D eigenvalue weighted by molar-refractivity contribution is 0.0595. The van der Waals surface area contributed by atoms with Crippen molar-refractivity contribution in [3.63, 3.8) is 0 Å². The Morgan fingerprint density at radius 1 is 0.306 bits per heavy atom. The summed E-state index contributed by atoms with van der Waals surface area (Å²) in [6, 6.07) is 34.6. The summed E-state index contributed by atoms with van der Waals surface area (Å²) in [6.45, 7) is 4.09. The van der Waals surface area contributed by atoms with Crippen LogP contribution in [0.4, 0.5) is 0 Å². The summed E-state index contributed by atoms with van der Waals surface area (Å²) in [5.41, 5.74) is 0.842. The quantitative estimate of drug-likeness (QED) is 0.0515. The van der Waals surface area contributed by atoms with Crippen LogP contribution in [0.15, 0.2) is 121 Å². The molecule has 4 amide bonds. The molecule has 0 fully saturated rings. The van der Waals surface area contributed by atoms with E-state index in [1.54, 1.807) is 150 Å². The summed E-state index contributed by atoms with van der Waals surface area (Å²) in [4.78, 5) is 62.3. The Labute approximate surface area is 413 Å².